The number of ether oxygens (including phenoxy) is 2. The number of fused-ring (bicyclic) bond motifs is 1. The number of allylic oxidation sites excluding steroid dienone is 1. The van der Waals surface area contributed by atoms with Crippen molar-refractivity contribution in [2.45, 2.75) is 72.2 Å². The van der Waals surface area contributed by atoms with Crippen LogP contribution >= 0.6 is 27.7 Å². The molecule has 0 aliphatic carbocycles. The van der Waals surface area contributed by atoms with Crippen LogP contribution in [0, 0.1) is 20.8 Å². The van der Waals surface area contributed by atoms with E-state index in [2.05, 4.69) is 52.5 Å². The highest BCUT2D eigenvalue weighted by molar-refractivity contribution is 9.10. The molecule has 236 valence electrons. The van der Waals surface area contributed by atoms with Crippen molar-refractivity contribution >= 4 is 45.2 Å². The van der Waals surface area contributed by atoms with Gasteiger partial charge in [-0.3, -0.25) is 4.79 Å². The second-order valence-electron chi connectivity index (χ2n) is 11.2. The third-order valence-corrected chi connectivity index (χ3v) is 9.29. The minimum absolute atomic E-state index is 0.214. The maximum atomic E-state index is 14.2. The number of carbonyl (C=O) groups excluding carboxylic acids is 1. The van der Waals surface area contributed by atoms with E-state index >= 15 is 0 Å². The van der Waals surface area contributed by atoms with E-state index < -0.39 is 6.04 Å². The number of aromatic nitrogens is 3. The average molecular weight is 691 g/mol. The first kappa shape index (κ1) is 32.6. The lowest BCUT2D eigenvalue weighted by molar-refractivity contribution is -0.113. The summed E-state index contributed by atoms with van der Waals surface area (Å²) >= 11 is 5.39. The van der Waals surface area contributed by atoms with E-state index in [0.29, 0.717) is 47.1 Å². The number of halogens is 1. The van der Waals surface area contributed by atoms with Crippen LogP contribution in [0.5, 0.6) is 11.5 Å². The van der Waals surface area contributed by atoms with Crippen LogP contribution in [-0.2, 0) is 11.4 Å². The van der Waals surface area contributed by atoms with Gasteiger partial charge in [0.05, 0.1) is 16.7 Å². The van der Waals surface area contributed by atoms with Crippen molar-refractivity contribution in [3.05, 3.63) is 98.2 Å². The first-order valence-corrected chi connectivity index (χ1v) is 17.1. The van der Waals surface area contributed by atoms with Gasteiger partial charge in [0.15, 0.2) is 11.5 Å². The van der Waals surface area contributed by atoms with Crippen LogP contribution in [-0.4, -0.2) is 33.0 Å². The second kappa shape index (κ2) is 14.6. The van der Waals surface area contributed by atoms with E-state index in [9.17, 15) is 4.79 Å². The van der Waals surface area contributed by atoms with Gasteiger partial charge in [-0.2, -0.15) is 4.98 Å². The van der Waals surface area contributed by atoms with Gasteiger partial charge in [-0.15, -0.1) is 5.10 Å². The molecule has 1 aliphatic rings. The summed E-state index contributed by atoms with van der Waals surface area (Å²) in [6.45, 7) is 13.0. The Morgan fingerprint density at radius 1 is 1.07 bits per heavy atom. The van der Waals surface area contributed by atoms with Crippen molar-refractivity contribution in [1.29, 1.82) is 0 Å². The molecule has 45 heavy (non-hydrogen) atoms. The van der Waals surface area contributed by atoms with Crippen molar-refractivity contribution in [2.75, 3.05) is 23.0 Å². The largest absolute Gasteiger partial charge is 0.490 e. The van der Waals surface area contributed by atoms with Gasteiger partial charge >= 0.3 is 0 Å². The summed E-state index contributed by atoms with van der Waals surface area (Å²) in [5.41, 5.74) is 7.21. The number of rotatable bonds is 12. The summed E-state index contributed by atoms with van der Waals surface area (Å²) in [5.74, 6) is 2.49. The lowest BCUT2D eigenvalue weighted by atomic mass is 9.94. The zero-order chi connectivity index (χ0) is 32.1. The number of unbranched alkanes of at least 4 members (excludes halogenated alkanes) is 1. The van der Waals surface area contributed by atoms with Crippen LogP contribution in [0.4, 0.5) is 11.6 Å². The van der Waals surface area contributed by atoms with Gasteiger partial charge in [0, 0.05) is 17.1 Å². The fraction of sp³-hybridized carbons (Fsp3) is 0.343. The van der Waals surface area contributed by atoms with Crippen molar-refractivity contribution in [1.82, 2.24) is 14.8 Å². The van der Waals surface area contributed by atoms with Crippen LogP contribution in [0.25, 0.3) is 0 Å². The molecule has 0 saturated carbocycles. The van der Waals surface area contributed by atoms with Gasteiger partial charge in [0.2, 0.25) is 11.1 Å². The molecule has 1 aromatic heterocycles. The Bertz CT molecular complexity index is 1730. The highest BCUT2D eigenvalue weighted by Gasteiger charge is 2.35. The molecule has 0 radical (unpaired) electrons. The predicted octanol–water partition coefficient (Wildman–Crippen LogP) is 8.76. The standard InChI is InChI=1S/C35H40BrN5O3S/c1-7-9-16-45-35-39-34-37-24(6)30(33(42)38-28-15-11-13-22(4)23(28)5)31(41(34)40-35)26-18-27(36)32(29(19-26)43-8-2)44-20-25-14-10-12-21(3)17-25/h10-15,17-19,31H,7-9,16,20H2,1-6H3,(H,38,42)(H,37,39,40). The molecule has 8 nitrogen and oxygen atoms in total. The molecule has 2 heterocycles. The Balaban J connectivity index is 1.57. The molecule has 0 spiro atoms. The van der Waals surface area contributed by atoms with Crippen LogP contribution in [0.1, 0.15) is 67.5 Å². The average Bonchev–Trinajstić information content (AvgIpc) is 3.40. The van der Waals surface area contributed by atoms with E-state index in [0.717, 1.165) is 51.0 Å². The van der Waals surface area contributed by atoms with Crippen molar-refractivity contribution in [3.8, 4) is 11.5 Å². The number of amides is 1. The van der Waals surface area contributed by atoms with E-state index in [1.54, 1.807) is 11.8 Å². The first-order chi connectivity index (χ1) is 21.7. The van der Waals surface area contributed by atoms with E-state index in [-0.39, 0.29) is 5.91 Å². The summed E-state index contributed by atoms with van der Waals surface area (Å²) in [4.78, 5) is 18.9. The molecule has 2 N–H and O–H groups in total. The number of benzene rings is 3. The molecular weight excluding hydrogens is 650 g/mol. The third kappa shape index (κ3) is 7.39. The van der Waals surface area contributed by atoms with Crippen molar-refractivity contribution in [3.63, 3.8) is 0 Å². The molecule has 3 aromatic carbocycles. The molecule has 5 rings (SSSR count). The second-order valence-corrected chi connectivity index (χ2v) is 13.1. The van der Waals surface area contributed by atoms with Crippen molar-refractivity contribution < 1.29 is 14.3 Å². The smallest absolute Gasteiger partial charge is 0.255 e. The van der Waals surface area contributed by atoms with Crippen LogP contribution in [0.3, 0.4) is 0 Å². The number of aryl methyl sites for hydroxylation is 2. The molecule has 4 aromatic rings. The third-order valence-electron chi connectivity index (χ3n) is 7.77. The monoisotopic (exact) mass is 689 g/mol. The summed E-state index contributed by atoms with van der Waals surface area (Å²) in [5, 5.41) is 12.1. The predicted molar refractivity (Wildman–Crippen MR) is 185 cm³/mol. The minimum Gasteiger partial charge on any atom is -0.490 e. The van der Waals surface area contributed by atoms with Gasteiger partial charge < -0.3 is 20.1 Å². The Labute approximate surface area is 278 Å². The Morgan fingerprint density at radius 2 is 1.87 bits per heavy atom. The first-order valence-electron chi connectivity index (χ1n) is 15.3. The molecular formula is C35H40BrN5O3S. The van der Waals surface area contributed by atoms with Gasteiger partial charge in [0.1, 0.15) is 12.6 Å². The lowest BCUT2D eigenvalue weighted by Crippen LogP contribution is -2.31. The van der Waals surface area contributed by atoms with Gasteiger partial charge in [-0.1, -0.05) is 67.1 Å². The Kier molecular flexibility index (Phi) is 10.6. The summed E-state index contributed by atoms with van der Waals surface area (Å²) < 4.78 is 15.0. The number of thioether (sulfide) groups is 1. The topological polar surface area (TPSA) is 90.3 Å². The van der Waals surface area contributed by atoms with Gasteiger partial charge in [-0.25, -0.2) is 4.68 Å². The van der Waals surface area contributed by atoms with Gasteiger partial charge in [0.25, 0.3) is 5.91 Å². The number of nitrogens with one attached hydrogen (secondary N) is 2. The molecule has 0 fully saturated rings. The number of anilines is 2. The Morgan fingerprint density at radius 3 is 2.62 bits per heavy atom. The summed E-state index contributed by atoms with van der Waals surface area (Å²) in [7, 11) is 0. The highest BCUT2D eigenvalue weighted by atomic mass is 79.9. The number of carbonyl (C=O) groups is 1. The zero-order valence-corrected chi connectivity index (χ0v) is 29.1. The molecule has 1 atom stereocenters. The van der Waals surface area contributed by atoms with E-state index in [4.69, 9.17) is 19.6 Å². The molecule has 1 aliphatic heterocycles. The van der Waals surface area contributed by atoms with Crippen molar-refractivity contribution in [2.24, 2.45) is 0 Å². The number of nitrogens with zero attached hydrogens (tertiary/aromatic N) is 3. The number of hydrogen-bond donors (Lipinski definition) is 2. The molecule has 10 heteroatoms. The van der Waals surface area contributed by atoms with Gasteiger partial charge in [-0.05, 0) is 97.4 Å². The molecule has 0 bridgehead atoms. The fourth-order valence-electron chi connectivity index (χ4n) is 5.29. The lowest BCUT2D eigenvalue weighted by Gasteiger charge is -2.29. The van der Waals surface area contributed by atoms with E-state index in [1.807, 2.05) is 74.8 Å². The maximum absolute atomic E-state index is 14.2. The number of hydrogen-bond acceptors (Lipinski definition) is 7. The minimum atomic E-state index is -0.569. The molecule has 1 amide bonds. The van der Waals surface area contributed by atoms with Crippen LogP contribution < -0.4 is 20.1 Å². The quantitative estimate of drug-likeness (QED) is 0.114. The molecule has 1 unspecified atom stereocenters. The highest BCUT2D eigenvalue weighted by Crippen LogP contribution is 2.44. The fourth-order valence-corrected chi connectivity index (χ4v) is 6.77. The Hall–Kier alpha value is -3.76. The van der Waals surface area contributed by atoms with E-state index in [1.165, 1.54) is 5.56 Å². The summed E-state index contributed by atoms with van der Waals surface area (Å²) in [6.07, 6.45) is 2.16. The zero-order valence-electron chi connectivity index (χ0n) is 26.7. The van der Waals surface area contributed by atoms with Crippen LogP contribution in [0.2, 0.25) is 0 Å². The SMILES string of the molecule is CCCCSc1nc2n(n1)C(c1cc(Br)c(OCc3cccc(C)c3)c(OCC)c1)C(C(=O)Nc1cccc(C)c1C)=C(C)N2. The summed E-state index contributed by atoms with van der Waals surface area (Å²) in [6, 6.07) is 17.5. The molecule has 0 saturated heterocycles. The normalized spacial score (nSPS) is 14.2. The van der Waals surface area contributed by atoms with Crippen LogP contribution in [0.15, 0.2) is 75.5 Å². The maximum Gasteiger partial charge on any atom is 0.255 e.